The van der Waals surface area contributed by atoms with Crippen LogP contribution in [0.25, 0.3) is 0 Å². The summed E-state index contributed by atoms with van der Waals surface area (Å²) < 4.78 is 22.4. The Kier molecular flexibility index (Phi) is 4.87. The second-order valence-electron chi connectivity index (χ2n) is 4.67. The first-order valence-electron chi connectivity index (χ1n) is 5.82. The molecule has 0 aromatic carbocycles. The highest BCUT2D eigenvalue weighted by Crippen LogP contribution is 2.17. The Balaban J connectivity index is 2.39. The van der Waals surface area contributed by atoms with Crippen molar-refractivity contribution in [2.24, 2.45) is 5.92 Å². The van der Waals surface area contributed by atoms with E-state index < -0.39 is 33.5 Å². The van der Waals surface area contributed by atoms with Gasteiger partial charge < -0.3 is 5.32 Å². The molecule has 1 fully saturated rings. The molecule has 0 unspecified atom stereocenters. The molecule has 0 saturated carbocycles. The lowest BCUT2D eigenvalue weighted by atomic mass is 10.1. The molecule has 3 N–H and O–H groups in total. The van der Waals surface area contributed by atoms with E-state index in [1.54, 1.807) is 13.8 Å². The maximum absolute atomic E-state index is 11.6. The summed E-state index contributed by atoms with van der Waals surface area (Å²) >= 11 is 0. The maximum atomic E-state index is 11.6. The Labute approximate surface area is 111 Å². The third-order valence-corrected chi connectivity index (χ3v) is 4.30. The number of sulfone groups is 1. The van der Waals surface area contributed by atoms with E-state index in [9.17, 15) is 22.8 Å². The average molecular weight is 291 g/mol. The maximum Gasteiger partial charge on any atom is 0.327 e. The van der Waals surface area contributed by atoms with Crippen LogP contribution in [-0.4, -0.2) is 43.7 Å². The minimum Gasteiger partial charge on any atom is -0.346 e. The predicted molar refractivity (Wildman–Crippen MR) is 66.3 cm³/mol. The molecule has 108 valence electrons. The largest absolute Gasteiger partial charge is 0.346 e. The van der Waals surface area contributed by atoms with Crippen molar-refractivity contribution >= 4 is 27.6 Å². The fourth-order valence-electron chi connectivity index (χ4n) is 1.61. The second kappa shape index (κ2) is 6.00. The fourth-order valence-corrected chi connectivity index (χ4v) is 3.35. The average Bonchev–Trinajstić information content (AvgIpc) is 2.65. The van der Waals surface area contributed by atoms with Crippen LogP contribution >= 0.6 is 0 Å². The van der Waals surface area contributed by atoms with Crippen LogP contribution in [0.2, 0.25) is 0 Å². The summed E-state index contributed by atoms with van der Waals surface area (Å²) in [4.78, 5) is 34.0. The van der Waals surface area contributed by atoms with Gasteiger partial charge in [-0.2, -0.15) is 0 Å². The highest BCUT2D eigenvalue weighted by molar-refractivity contribution is 7.91. The van der Waals surface area contributed by atoms with Gasteiger partial charge >= 0.3 is 11.8 Å². The zero-order valence-corrected chi connectivity index (χ0v) is 11.5. The van der Waals surface area contributed by atoms with Crippen LogP contribution in [0.15, 0.2) is 0 Å². The molecule has 9 heteroatoms. The molecule has 3 amide bonds. The lowest BCUT2D eigenvalue weighted by Crippen LogP contribution is -2.51. The zero-order valence-electron chi connectivity index (χ0n) is 10.7. The van der Waals surface area contributed by atoms with E-state index in [-0.39, 0.29) is 24.0 Å². The van der Waals surface area contributed by atoms with E-state index in [0.717, 1.165) is 0 Å². The monoisotopic (exact) mass is 291 g/mol. The summed E-state index contributed by atoms with van der Waals surface area (Å²) in [6, 6.07) is -0.200. The van der Waals surface area contributed by atoms with Crippen molar-refractivity contribution in [3.05, 3.63) is 0 Å². The van der Waals surface area contributed by atoms with Crippen molar-refractivity contribution in [2.75, 3.05) is 11.5 Å². The third-order valence-electron chi connectivity index (χ3n) is 2.53. The van der Waals surface area contributed by atoms with Gasteiger partial charge in [-0.3, -0.25) is 25.2 Å². The number of hydrogen-bond acceptors (Lipinski definition) is 5. The van der Waals surface area contributed by atoms with E-state index in [0.29, 0.717) is 0 Å². The van der Waals surface area contributed by atoms with Crippen LogP contribution in [0.5, 0.6) is 0 Å². The van der Waals surface area contributed by atoms with Gasteiger partial charge in [-0.15, -0.1) is 0 Å². The zero-order chi connectivity index (χ0) is 14.6. The lowest BCUT2D eigenvalue weighted by Gasteiger charge is -2.11. The standard InChI is InChI=1S/C10H17N3O5S/c1-6(2)11-9(15)10(16)13-12-8(14)7-3-4-19(17,18)5-7/h6-7H,3-5H2,1-2H3,(H,11,15)(H,12,14)(H,13,16)/t7-/m1/s1. The first-order chi connectivity index (χ1) is 8.71. The van der Waals surface area contributed by atoms with Gasteiger partial charge in [-0.05, 0) is 20.3 Å². The van der Waals surface area contributed by atoms with E-state index in [1.807, 2.05) is 5.43 Å². The molecule has 1 rings (SSSR count). The molecule has 0 aromatic heterocycles. The summed E-state index contributed by atoms with van der Waals surface area (Å²) in [6.07, 6.45) is 0.224. The predicted octanol–water partition coefficient (Wildman–Crippen LogP) is -1.91. The van der Waals surface area contributed by atoms with Gasteiger partial charge in [-0.25, -0.2) is 8.42 Å². The Hall–Kier alpha value is -1.64. The molecule has 0 aliphatic carbocycles. The second-order valence-corrected chi connectivity index (χ2v) is 6.90. The van der Waals surface area contributed by atoms with Gasteiger partial charge in [0.1, 0.15) is 0 Å². The van der Waals surface area contributed by atoms with E-state index in [2.05, 4.69) is 10.7 Å². The highest BCUT2D eigenvalue weighted by atomic mass is 32.2. The molecular formula is C10H17N3O5S. The molecule has 19 heavy (non-hydrogen) atoms. The van der Waals surface area contributed by atoms with Crippen molar-refractivity contribution in [1.82, 2.24) is 16.2 Å². The molecule has 1 aliphatic heterocycles. The Bertz CT molecular complexity index is 485. The van der Waals surface area contributed by atoms with Crippen molar-refractivity contribution in [1.29, 1.82) is 0 Å². The van der Waals surface area contributed by atoms with E-state index >= 15 is 0 Å². The SMILES string of the molecule is CC(C)NC(=O)C(=O)NNC(=O)[C@@H]1CCS(=O)(=O)C1. The molecule has 0 aromatic rings. The highest BCUT2D eigenvalue weighted by Gasteiger charge is 2.33. The normalized spacial score (nSPS) is 20.9. The Morgan fingerprint density at radius 3 is 2.21 bits per heavy atom. The van der Waals surface area contributed by atoms with Gasteiger partial charge in [0.25, 0.3) is 0 Å². The van der Waals surface area contributed by atoms with Crippen LogP contribution in [0, 0.1) is 5.92 Å². The molecule has 1 atom stereocenters. The molecule has 1 saturated heterocycles. The van der Waals surface area contributed by atoms with Crippen LogP contribution in [-0.2, 0) is 24.2 Å². The number of hydrogen-bond donors (Lipinski definition) is 3. The van der Waals surface area contributed by atoms with Gasteiger partial charge in [0.15, 0.2) is 9.84 Å². The van der Waals surface area contributed by atoms with Gasteiger partial charge in [0.05, 0.1) is 17.4 Å². The number of hydrazine groups is 1. The summed E-state index contributed by atoms with van der Waals surface area (Å²) in [7, 11) is -3.16. The summed E-state index contributed by atoms with van der Waals surface area (Å²) in [5.74, 6) is -3.41. The molecule has 0 bridgehead atoms. The molecule has 0 radical (unpaired) electrons. The van der Waals surface area contributed by atoms with Crippen molar-refractivity contribution in [2.45, 2.75) is 26.3 Å². The van der Waals surface area contributed by atoms with Crippen molar-refractivity contribution < 1.29 is 22.8 Å². The van der Waals surface area contributed by atoms with Crippen LogP contribution < -0.4 is 16.2 Å². The minimum absolute atomic E-state index is 0.0349. The van der Waals surface area contributed by atoms with Crippen molar-refractivity contribution in [3.8, 4) is 0 Å². The van der Waals surface area contributed by atoms with Gasteiger partial charge in [0.2, 0.25) is 5.91 Å². The number of carbonyl (C=O) groups is 3. The molecule has 0 spiro atoms. The molecular weight excluding hydrogens is 274 g/mol. The summed E-state index contributed by atoms with van der Waals surface area (Å²) in [6.45, 7) is 3.38. The molecule has 8 nitrogen and oxygen atoms in total. The number of nitrogens with one attached hydrogen (secondary N) is 3. The van der Waals surface area contributed by atoms with Crippen molar-refractivity contribution in [3.63, 3.8) is 0 Å². The van der Waals surface area contributed by atoms with E-state index in [1.165, 1.54) is 0 Å². The number of carbonyl (C=O) groups excluding carboxylic acids is 3. The number of amides is 3. The molecule has 1 heterocycles. The Morgan fingerprint density at radius 1 is 1.11 bits per heavy atom. The van der Waals surface area contributed by atoms with Gasteiger partial charge in [-0.1, -0.05) is 0 Å². The number of rotatable bonds is 2. The first kappa shape index (κ1) is 15.4. The van der Waals surface area contributed by atoms with Gasteiger partial charge in [0, 0.05) is 6.04 Å². The summed E-state index contributed by atoms with van der Waals surface area (Å²) in [5.41, 5.74) is 4.00. The topological polar surface area (TPSA) is 121 Å². The fraction of sp³-hybridized carbons (Fsp3) is 0.700. The van der Waals surface area contributed by atoms with Crippen LogP contribution in [0.1, 0.15) is 20.3 Å². The lowest BCUT2D eigenvalue weighted by molar-refractivity contribution is -0.141. The summed E-state index contributed by atoms with van der Waals surface area (Å²) in [5, 5.41) is 2.35. The third kappa shape index (κ3) is 4.86. The van der Waals surface area contributed by atoms with Crippen LogP contribution in [0.3, 0.4) is 0 Å². The molecule has 1 aliphatic rings. The minimum atomic E-state index is -3.16. The quantitative estimate of drug-likeness (QED) is 0.405. The van der Waals surface area contributed by atoms with Crippen LogP contribution in [0.4, 0.5) is 0 Å². The Morgan fingerprint density at radius 2 is 1.74 bits per heavy atom. The van der Waals surface area contributed by atoms with E-state index in [4.69, 9.17) is 0 Å². The first-order valence-corrected chi connectivity index (χ1v) is 7.64. The smallest absolute Gasteiger partial charge is 0.327 e.